The number of halogens is 2. The second-order valence-electron chi connectivity index (χ2n) is 7.32. The van der Waals surface area contributed by atoms with Gasteiger partial charge in [0.15, 0.2) is 0 Å². The average molecular weight is 325 g/mol. The topological polar surface area (TPSA) is 28.7 Å². The van der Waals surface area contributed by atoms with Crippen LogP contribution in [0.15, 0.2) is 12.1 Å². The van der Waals surface area contributed by atoms with Crippen molar-refractivity contribution in [2.24, 2.45) is 11.3 Å². The SMILES string of the molecule is CC(C)(C)C1CCC(c2nc3cc(Cl)c(Cl)cc3[nH]2)CC1. The highest BCUT2D eigenvalue weighted by Crippen LogP contribution is 2.43. The van der Waals surface area contributed by atoms with E-state index in [0.29, 0.717) is 21.4 Å². The van der Waals surface area contributed by atoms with Crippen LogP contribution in [0.25, 0.3) is 11.0 Å². The van der Waals surface area contributed by atoms with E-state index in [-0.39, 0.29) is 0 Å². The number of benzene rings is 1. The summed E-state index contributed by atoms with van der Waals surface area (Å²) in [5.41, 5.74) is 2.31. The lowest BCUT2D eigenvalue weighted by molar-refractivity contribution is 0.167. The van der Waals surface area contributed by atoms with Gasteiger partial charge in [-0.1, -0.05) is 44.0 Å². The van der Waals surface area contributed by atoms with E-state index in [4.69, 9.17) is 28.2 Å². The molecule has 0 amide bonds. The van der Waals surface area contributed by atoms with Gasteiger partial charge in [-0.25, -0.2) is 4.98 Å². The number of hydrogen-bond acceptors (Lipinski definition) is 1. The van der Waals surface area contributed by atoms with Crippen molar-refractivity contribution in [1.29, 1.82) is 0 Å². The fourth-order valence-corrected chi connectivity index (χ4v) is 3.77. The summed E-state index contributed by atoms with van der Waals surface area (Å²) in [7, 11) is 0. The van der Waals surface area contributed by atoms with Gasteiger partial charge in [-0.2, -0.15) is 0 Å². The summed E-state index contributed by atoms with van der Waals surface area (Å²) in [5.74, 6) is 2.45. The molecule has 21 heavy (non-hydrogen) atoms. The molecule has 114 valence electrons. The van der Waals surface area contributed by atoms with Crippen LogP contribution in [0.4, 0.5) is 0 Å². The third kappa shape index (κ3) is 3.07. The van der Waals surface area contributed by atoms with Gasteiger partial charge in [0.2, 0.25) is 0 Å². The Bertz CT molecular complexity index is 608. The zero-order valence-electron chi connectivity index (χ0n) is 12.8. The van der Waals surface area contributed by atoms with Crippen LogP contribution in [0.2, 0.25) is 10.0 Å². The second-order valence-corrected chi connectivity index (χ2v) is 8.13. The molecule has 0 radical (unpaired) electrons. The molecule has 0 spiro atoms. The van der Waals surface area contributed by atoms with Crippen molar-refractivity contribution in [3.63, 3.8) is 0 Å². The Kier molecular flexibility index (Phi) is 3.96. The van der Waals surface area contributed by atoms with E-state index in [0.717, 1.165) is 22.8 Å². The first-order chi connectivity index (χ1) is 9.84. The fraction of sp³-hybridized carbons (Fsp3) is 0.588. The summed E-state index contributed by atoms with van der Waals surface area (Å²) < 4.78 is 0. The van der Waals surface area contributed by atoms with Gasteiger partial charge in [0.05, 0.1) is 21.1 Å². The van der Waals surface area contributed by atoms with E-state index in [9.17, 15) is 0 Å². The van der Waals surface area contributed by atoms with Crippen molar-refractivity contribution in [2.45, 2.75) is 52.4 Å². The molecule has 0 unspecified atom stereocenters. The molecular weight excluding hydrogens is 303 g/mol. The maximum atomic E-state index is 6.07. The van der Waals surface area contributed by atoms with Crippen LogP contribution < -0.4 is 0 Å². The molecule has 0 aliphatic heterocycles. The van der Waals surface area contributed by atoms with E-state index < -0.39 is 0 Å². The van der Waals surface area contributed by atoms with Crippen LogP contribution in [0.5, 0.6) is 0 Å². The monoisotopic (exact) mass is 324 g/mol. The number of H-pyrrole nitrogens is 1. The van der Waals surface area contributed by atoms with Crippen molar-refractivity contribution in [1.82, 2.24) is 9.97 Å². The Hall–Kier alpha value is -0.730. The van der Waals surface area contributed by atoms with Gasteiger partial charge >= 0.3 is 0 Å². The predicted molar refractivity (Wildman–Crippen MR) is 90.3 cm³/mol. The lowest BCUT2D eigenvalue weighted by Crippen LogP contribution is -2.25. The first kappa shape index (κ1) is 15.2. The van der Waals surface area contributed by atoms with Crippen molar-refractivity contribution in [3.8, 4) is 0 Å². The molecule has 0 atom stereocenters. The zero-order chi connectivity index (χ0) is 15.2. The molecule has 1 aromatic heterocycles. The molecule has 1 saturated carbocycles. The van der Waals surface area contributed by atoms with Gasteiger partial charge < -0.3 is 4.98 Å². The first-order valence-corrected chi connectivity index (χ1v) is 8.45. The summed E-state index contributed by atoms with van der Waals surface area (Å²) in [5, 5.41) is 1.15. The maximum Gasteiger partial charge on any atom is 0.110 e. The third-order valence-electron chi connectivity index (χ3n) is 4.88. The fourth-order valence-electron chi connectivity index (χ4n) is 3.45. The summed E-state index contributed by atoms with van der Waals surface area (Å²) in [4.78, 5) is 8.16. The maximum absolute atomic E-state index is 6.07. The van der Waals surface area contributed by atoms with Gasteiger partial charge in [-0.05, 0) is 49.1 Å². The standard InChI is InChI=1S/C17H22Cl2N2/c1-17(2,3)11-6-4-10(5-7-11)16-20-14-8-12(18)13(19)9-15(14)21-16/h8-11H,4-7H2,1-3H3,(H,20,21). The summed E-state index contributed by atoms with van der Waals surface area (Å²) in [6, 6.07) is 3.72. The van der Waals surface area contributed by atoms with Crippen molar-refractivity contribution in [3.05, 3.63) is 28.0 Å². The van der Waals surface area contributed by atoms with Crippen molar-refractivity contribution >= 4 is 34.2 Å². The summed E-state index contributed by atoms with van der Waals surface area (Å²) >= 11 is 12.1. The number of nitrogens with zero attached hydrogens (tertiary/aromatic N) is 1. The molecule has 0 bridgehead atoms. The van der Waals surface area contributed by atoms with E-state index in [1.54, 1.807) is 0 Å². The molecule has 1 aromatic carbocycles. The largest absolute Gasteiger partial charge is 0.342 e. The van der Waals surface area contributed by atoms with Crippen LogP contribution in [-0.4, -0.2) is 9.97 Å². The summed E-state index contributed by atoms with van der Waals surface area (Å²) in [6.07, 6.45) is 4.99. The predicted octanol–water partition coefficient (Wildman–Crippen LogP) is 6.19. The molecular formula is C17H22Cl2N2. The molecule has 2 nitrogen and oxygen atoms in total. The van der Waals surface area contributed by atoms with E-state index >= 15 is 0 Å². The second kappa shape index (κ2) is 5.48. The molecule has 0 saturated heterocycles. The van der Waals surface area contributed by atoms with Crippen molar-refractivity contribution < 1.29 is 0 Å². The molecule has 2 aromatic rings. The van der Waals surface area contributed by atoms with Gasteiger partial charge in [0.1, 0.15) is 5.82 Å². The number of aromatic nitrogens is 2. The van der Waals surface area contributed by atoms with E-state index in [1.807, 2.05) is 12.1 Å². The van der Waals surface area contributed by atoms with Crippen LogP contribution in [0, 0.1) is 11.3 Å². The smallest absolute Gasteiger partial charge is 0.110 e. The highest BCUT2D eigenvalue weighted by Gasteiger charge is 2.31. The van der Waals surface area contributed by atoms with Crippen LogP contribution in [0.1, 0.15) is 58.2 Å². The minimum atomic E-state index is 0.417. The zero-order valence-corrected chi connectivity index (χ0v) is 14.4. The molecule has 1 aliphatic carbocycles. The molecule has 1 aliphatic rings. The van der Waals surface area contributed by atoms with Crippen LogP contribution >= 0.6 is 23.2 Å². The Morgan fingerprint density at radius 2 is 1.67 bits per heavy atom. The normalized spacial score (nSPS) is 23.7. The Labute approximate surface area is 136 Å². The highest BCUT2D eigenvalue weighted by atomic mass is 35.5. The average Bonchev–Trinajstić information content (AvgIpc) is 2.81. The van der Waals surface area contributed by atoms with Gasteiger partial charge in [0, 0.05) is 5.92 Å². The van der Waals surface area contributed by atoms with Gasteiger partial charge in [-0.3, -0.25) is 0 Å². The Morgan fingerprint density at radius 1 is 1.05 bits per heavy atom. The van der Waals surface area contributed by atoms with E-state index in [2.05, 4.69) is 25.8 Å². The number of imidazole rings is 1. The number of rotatable bonds is 1. The summed E-state index contributed by atoms with van der Waals surface area (Å²) in [6.45, 7) is 7.05. The number of fused-ring (bicyclic) bond motifs is 1. The molecule has 4 heteroatoms. The minimum absolute atomic E-state index is 0.417. The Balaban J connectivity index is 1.79. The first-order valence-electron chi connectivity index (χ1n) is 7.69. The molecule has 1 heterocycles. The minimum Gasteiger partial charge on any atom is -0.342 e. The Morgan fingerprint density at radius 3 is 2.29 bits per heavy atom. The van der Waals surface area contributed by atoms with Gasteiger partial charge in [0.25, 0.3) is 0 Å². The lowest BCUT2D eigenvalue weighted by Gasteiger charge is -2.36. The van der Waals surface area contributed by atoms with Crippen molar-refractivity contribution in [2.75, 3.05) is 0 Å². The number of nitrogens with one attached hydrogen (secondary N) is 1. The van der Waals surface area contributed by atoms with E-state index in [1.165, 1.54) is 25.7 Å². The molecule has 1 N–H and O–H groups in total. The number of hydrogen-bond donors (Lipinski definition) is 1. The van der Waals surface area contributed by atoms with Gasteiger partial charge in [-0.15, -0.1) is 0 Å². The quantitative estimate of drug-likeness (QED) is 0.665. The number of aromatic amines is 1. The van der Waals surface area contributed by atoms with Crippen LogP contribution in [-0.2, 0) is 0 Å². The molecule has 1 fully saturated rings. The lowest BCUT2D eigenvalue weighted by atomic mass is 9.70. The third-order valence-corrected chi connectivity index (χ3v) is 5.60. The molecule has 3 rings (SSSR count). The highest BCUT2D eigenvalue weighted by molar-refractivity contribution is 6.42. The van der Waals surface area contributed by atoms with Crippen LogP contribution in [0.3, 0.4) is 0 Å².